The van der Waals surface area contributed by atoms with E-state index in [9.17, 15) is 4.79 Å². The van der Waals surface area contributed by atoms with Crippen LogP contribution in [0.15, 0.2) is 18.2 Å². The fourth-order valence-corrected chi connectivity index (χ4v) is 1.33. The minimum Gasteiger partial charge on any atom is -0.496 e. The third kappa shape index (κ3) is 2.26. The molecule has 2 nitrogen and oxygen atoms in total. The highest BCUT2D eigenvalue weighted by Crippen LogP contribution is 2.20. The Kier molecular flexibility index (Phi) is 3.53. The molecule has 0 N–H and O–H groups in total. The predicted octanol–water partition coefficient (Wildman–Crippen LogP) is 2.81. The third-order valence-electron chi connectivity index (χ3n) is 2.05. The maximum absolute atomic E-state index is 11.5. The van der Waals surface area contributed by atoms with Crippen molar-refractivity contribution in [2.24, 2.45) is 0 Å². The summed E-state index contributed by atoms with van der Waals surface area (Å²) in [6.45, 7) is 3.59. The fourth-order valence-electron chi connectivity index (χ4n) is 1.20. The van der Waals surface area contributed by atoms with Crippen molar-refractivity contribution in [3.05, 3.63) is 29.3 Å². The van der Waals surface area contributed by atoms with Crippen molar-refractivity contribution in [3.8, 4) is 5.75 Å². The molecule has 0 aromatic heterocycles. The van der Waals surface area contributed by atoms with Crippen molar-refractivity contribution in [2.75, 3.05) is 7.11 Å². The molecule has 0 saturated heterocycles. The van der Waals surface area contributed by atoms with E-state index in [1.807, 2.05) is 13.0 Å². The molecule has 0 aliphatic rings. The van der Waals surface area contributed by atoms with Crippen LogP contribution in [0.4, 0.5) is 0 Å². The van der Waals surface area contributed by atoms with Crippen LogP contribution in [0, 0.1) is 6.92 Å². The zero-order chi connectivity index (χ0) is 10.7. The predicted molar refractivity (Wildman–Crippen MR) is 57.4 cm³/mol. The number of hydrogen-bond donors (Lipinski definition) is 0. The maximum Gasteiger partial charge on any atom is 0.180 e. The van der Waals surface area contributed by atoms with Gasteiger partial charge in [0, 0.05) is 5.56 Å². The summed E-state index contributed by atoms with van der Waals surface area (Å²) in [5, 5.41) is -0.498. The highest BCUT2D eigenvalue weighted by atomic mass is 35.5. The Balaban J connectivity index is 3.06. The zero-order valence-corrected chi connectivity index (χ0v) is 9.26. The monoisotopic (exact) mass is 212 g/mol. The van der Waals surface area contributed by atoms with Gasteiger partial charge in [0.1, 0.15) is 5.75 Å². The van der Waals surface area contributed by atoms with E-state index in [0.717, 1.165) is 5.56 Å². The Morgan fingerprint density at radius 1 is 1.50 bits per heavy atom. The maximum atomic E-state index is 11.5. The Bertz CT molecular complexity index is 345. The molecule has 14 heavy (non-hydrogen) atoms. The van der Waals surface area contributed by atoms with E-state index in [-0.39, 0.29) is 5.78 Å². The van der Waals surface area contributed by atoms with Crippen LogP contribution in [0.3, 0.4) is 0 Å². The number of hydrogen-bond acceptors (Lipinski definition) is 2. The van der Waals surface area contributed by atoms with Crippen LogP contribution in [0.25, 0.3) is 0 Å². The third-order valence-corrected chi connectivity index (χ3v) is 2.25. The molecule has 76 valence electrons. The molecule has 3 heteroatoms. The van der Waals surface area contributed by atoms with E-state index < -0.39 is 5.38 Å². The molecule has 1 aromatic rings. The lowest BCUT2D eigenvalue weighted by Crippen LogP contribution is -2.10. The van der Waals surface area contributed by atoms with Gasteiger partial charge in [-0.3, -0.25) is 4.79 Å². The Morgan fingerprint density at radius 2 is 2.14 bits per heavy atom. The number of aryl methyl sites for hydroxylation is 1. The lowest BCUT2D eigenvalue weighted by molar-refractivity contribution is 0.0991. The second-order valence-corrected chi connectivity index (χ2v) is 3.82. The largest absolute Gasteiger partial charge is 0.496 e. The first kappa shape index (κ1) is 11.1. The topological polar surface area (TPSA) is 26.3 Å². The Hall–Kier alpha value is -1.02. The number of rotatable bonds is 3. The van der Waals surface area contributed by atoms with Crippen molar-refractivity contribution in [3.63, 3.8) is 0 Å². The lowest BCUT2D eigenvalue weighted by atomic mass is 10.1. The van der Waals surface area contributed by atoms with Gasteiger partial charge in [0.2, 0.25) is 0 Å². The van der Waals surface area contributed by atoms with Crippen LogP contribution in [0.5, 0.6) is 5.75 Å². The number of carbonyl (C=O) groups is 1. The molecule has 0 fully saturated rings. The van der Waals surface area contributed by atoms with Crippen LogP contribution in [0.2, 0.25) is 0 Å². The average molecular weight is 213 g/mol. The molecule has 1 atom stereocenters. The van der Waals surface area contributed by atoms with Gasteiger partial charge in [0.25, 0.3) is 0 Å². The highest BCUT2D eigenvalue weighted by Gasteiger charge is 2.13. The molecule has 0 aliphatic carbocycles. The number of ketones is 1. The number of Topliss-reactive ketones (excluding diaryl/α,β-unsaturated/α-hetero) is 1. The highest BCUT2D eigenvalue weighted by molar-refractivity contribution is 6.33. The number of methoxy groups -OCH3 is 1. The molecule has 0 heterocycles. The van der Waals surface area contributed by atoms with Crippen molar-refractivity contribution in [1.82, 2.24) is 0 Å². The molecule has 1 unspecified atom stereocenters. The SMILES string of the molecule is COc1cc(C(=O)C(C)Cl)ccc1C. The van der Waals surface area contributed by atoms with E-state index >= 15 is 0 Å². The normalized spacial score (nSPS) is 12.3. The second kappa shape index (κ2) is 4.47. The minimum absolute atomic E-state index is 0.0787. The number of benzene rings is 1. The van der Waals surface area contributed by atoms with E-state index in [1.54, 1.807) is 26.2 Å². The Labute approximate surface area is 88.8 Å². The van der Waals surface area contributed by atoms with Gasteiger partial charge in [-0.1, -0.05) is 12.1 Å². The van der Waals surface area contributed by atoms with Crippen molar-refractivity contribution >= 4 is 17.4 Å². The molecule has 0 bridgehead atoms. The van der Waals surface area contributed by atoms with Gasteiger partial charge >= 0.3 is 0 Å². The van der Waals surface area contributed by atoms with Gasteiger partial charge in [0.15, 0.2) is 5.78 Å². The van der Waals surface area contributed by atoms with Crippen LogP contribution >= 0.6 is 11.6 Å². The van der Waals surface area contributed by atoms with Crippen LogP contribution in [0.1, 0.15) is 22.8 Å². The number of halogens is 1. The molecule has 0 amide bonds. The van der Waals surface area contributed by atoms with E-state index in [1.165, 1.54) is 0 Å². The quantitative estimate of drug-likeness (QED) is 0.569. The summed E-state index contributed by atoms with van der Waals surface area (Å²) >= 11 is 5.71. The zero-order valence-electron chi connectivity index (χ0n) is 8.50. The molecular formula is C11H13ClO2. The molecule has 1 aromatic carbocycles. The van der Waals surface area contributed by atoms with Gasteiger partial charge < -0.3 is 4.74 Å². The van der Waals surface area contributed by atoms with E-state index in [0.29, 0.717) is 11.3 Å². The number of carbonyl (C=O) groups excluding carboxylic acids is 1. The van der Waals surface area contributed by atoms with Gasteiger partial charge in [-0.05, 0) is 25.5 Å². The summed E-state index contributed by atoms with van der Waals surface area (Å²) in [5.41, 5.74) is 1.60. The van der Waals surface area contributed by atoms with Crippen LogP contribution < -0.4 is 4.74 Å². The molecule has 0 saturated carbocycles. The van der Waals surface area contributed by atoms with Crippen molar-refractivity contribution < 1.29 is 9.53 Å². The second-order valence-electron chi connectivity index (χ2n) is 3.16. The van der Waals surface area contributed by atoms with E-state index in [4.69, 9.17) is 16.3 Å². The van der Waals surface area contributed by atoms with Gasteiger partial charge in [-0.2, -0.15) is 0 Å². The van der Waals surface area contributed by atoms with Gasteiger partial charge in [0.05, 0.1) is 12.5 Å². The summed E-state index contributed by atoms with van der Waals surface area (Å²) in [4.78, 5) is 11.5. The minimum atomic E-state index is -0.498. The molecule has 0 aliphatic heterocycles. The fraction of sp³-hybridized carbons (Fsp3) is 0.364. The summed E-state index contributed by atoms with van der Waals surface area (Å²) in [6.07, 6.45) is 0. The standard InChI is InChI=1S/C11H13ClO2/c1-7-4-5-9(6-10(7)14-3)11(13)8(2)12/h4-6,8H,1-3H3. The summed E-state index contributed by atoms with van der Waals surface area (Å²) < 4.78 is 5.12. The summed E-state index contributed by atoms with van der Waals surface area (Å²) in [5.74, 6) is 0.637. The molecule has 1 rings (SSSR count). The molecular weight excluding hydrogens is 200 g/mol. The lowest BCUT2D eigenvalue weighted by Gasteiger charge is -2.07. The number of alkyl halides is 1. The summed E-state index contributed by atoms with van der Waals surface area (Å²) in [6, 6.07) is 5.33. The van der Waals surface area contributed by atoms with E-state index in [2.05, 4.69) is 0 Å². The van der Waals surface area contributed by atoms with Crippen LogP contribution in [-0.4, -0.2) is 18.3 Å². The first-order valence-electron chi connectivity index (χ1n) is 4.39. The number of ether oxygens (including phenoxy) is 1. The van der Waals surface area contributed by atoms with Gasteiger partial charge in [-0.25, -0.2) is 0 Å². The smallest absolute Gasteiger partial charge is 0.180 e. The average Bonchev–Trinajstić information content (AvgIpc) is 2.17. The Morgan fingerprint density at radius 3 is 2.64 bits per heavy atom. The van der Waals surface area contributed by atoms with Gasteiger partial charge in [-0.15, -0.1) is 11.6 Å². The van der Waals surface area contributed by atoms with Crippen LogP contribution in [-0.2, 0) is 0 Å². The first-order valence-corrected chi connectivity index (χ1v) is 4.83. The van der Waals surface area contributed by atoms with Crippen molar-refractivity contribution in [2.45, 2.75) is 19.2 Å². The summed E-state index contributed by atoms with van der Waals surface area (Å²) in [7, 11) is 1.58. The molecule has 0 spiro atoms. The first-order chi connectivity index (χ1) is 6.56. The van der Waals surface area contributed by atoms with Crippen molar-refractivity contribution in [1.29, 1.82) is 0 Å². The molecule has 0 radical (unpaired) electrons.